The zero-order valence-electron chi connectivity index (χ0n) is 23.3. The van der Waals surface area contributed by atoms with Gasteiger partial charge in [-0.25, -0.2) is 4.79 Å². The lowest BCUT2D eigenvalue weighted by atomic mass is 10.1. The van der Waals surface area contributed by atoms with Crippen LogP contribution in [0.3, 0.4) is 0 Å². The summed E-state index contributed by atoms with van der Waals surface area (Å²) in [4.78, 5) is 24.2. The van der Waals surface area contributed by atoms with Crippen LogP contribution >= 0.6 is 0 Å². The lowest BCUT2D eigenvalue weighted by molar-refractivity contribution is -0.131. The van der Waals surface area contributed by atoms with Crippen LogP contribution in [0.1, 0.15) is 98.8 Å². The maximum absolute atomic E-state index is 12.9. The average molecular weight is 513 g/mol. The van der Waals surface area contributed by atoms with E-state index in [1.54, 1.807) is 12.1 Å². The molecule has 0 spiro atoms. The number of carbonyl (C=O) groups is 1. The SMILES string of the molecule is CCCCCCCCCCOc1c(OCC=C(C)CCC=C(C)C)c2ccc(OC(C)=O)cc2oc1=O. The summed E-state index contributed by atoms with van der Waals surface area (Å²) in [6.45, 7) is 10.5. The topological polar surface area (TPSA) is 75.0 Å². The van der Waals surface area contributed by atoms with Crippen molar-refractivity contribution in [3.8, 4) is 17.2 Å². The minimum Gasteiger partial charge on any atom is -0.485 e. The first kappa shape index (κ1) is 30.2. The van der Waals surface area contributed by atoms with Gasteiger partial charge in [0, 0.05) is 13.0 Å². The number of hydrogen-bond acceptors (Lipinski definition) is 6. The van der Waals surface area contributed by atoms with Crippen molar-refractivity contribution in [2.75, 3.05) is 13.2 Å². The van der Waals surface area contributed by atoms with Gasteiger partial charge < -0.3 is 18.6 Å². The lowest BCUT2D eigenvalue weighted by Gasteiger charge is -2.14. The fourth-order valence-electron chi connectivity index (χ4n) is 4.00. The maximum atomic E-state index is 12.9. The molecule has 0 saturated heterocycles. The molecule has 0 aliphatic carbocycles. The molecule has 0 unspecified atom stereocenters. The Bertz CT molecular complexity index is 1100. The molecule has 204 valence electrons. The lowest BCUT2D eigenvalue weighted by Crippen LogP contribution is -2.12. The largest absolute Gasteiger partial charge is 0.485 e. The van der Waals surface area contributed by atoms with Gasteiger partial charge in [-0.15, -0.1) is 0 Å². The van der Waals surface area contributed by atoms with Gasteiger partial charge in [0.15, 0.2) is 5.75 Å². The average Bonchev–Trinajstić information content (AvgIpc) is 2.83. The smallest absolute Gasteiger partial charge is 0.383 e. The Morgan fingerprint density at radius 3 is 2.27 bits per heavy atom. The molecular formula is C31H44O6. The van der Waals surface area contributed by atoms with Crippen molar-refractivity contribution in [1.29, 1.82) is 0 Å². The molecule has 2 rings (SSSR count). The van der Waals surface area contributed by atoms with Crippen molar-refractivity contribution < 1.29 is 23.4 Å². The van der Waals surface area contributed by atoms with E-state index in [9.17, 15) is 9.59 Å². The summed E-state index contributed by atoms with van der Waals surface area (Å²) < 4.78 is 22.7. The van der Waals surface area contributed by atoms with Crippen molar-refractivity contribution in [1.82, 2.24) is 0 Å². The zero-order valence-corrected chi connectivity index (χ0v) is 23.3. The molecule has 0 aliphatic rings. The Labute approximate surface area is 221 Å². The maximum Gasteiger partial charge on any atom is 0.383 e. The van der Waals surface area contributed by atoms with Crippen LogP contribution in [0.2, 0.25) is 0 Å². The van der Waals surface area contributed by atoms with Crippen LogP contribution in [-0.4, -0.2) is 19.2 Å². The van der Waals surface area contributed by atoms with Crippen LogP contribution in [0, 0.1) is 0 Å². The van der Waals surface area contributed by atoms with Gasteiger partial charge in [0.05, 0.1) is 12.0 Å². The van der Waals surface area contributed by atoms with Gasteiger partial charge in [-0.2, -0.15) is 0 Å². The van der Waals surface area contributed by atoms with Gasteiger partial charge in [0.2, 0.25) is 5.75 Å². The summed E-state index contributed by atoms with van der Waals surface area (Å²) in [7, 11) is 0. The van der Waals surface area contributed by atoms with E-state index in [-0.39, 0.29) is 11.3 Å². The second kappa shape index (κ2) is 16.7. The van der Waals surface area contributed by atoms with E-state index in [2.05, 4.69) is 33.8 Å². The van der Waals surface area contributed by atoms with Crippen molar-refractivity contribution in [2.45, 2.75) is 98.8 Å². The third-order valence-corrected chi connectivity index (χ3v) is 6.05. The molecule has 1 aromatic carbocycles. The number of fused-ring (bicyclic) bond motifs is 1. The number of rotatable bonds is 17. The molecule has 0 amide bonds. The van der Waals surface area contributed by atoms with Gasteiger partial charge in [-0.1, -0.05) is 69.1 Å². The standard InChI is InChI=1S/C31H44O6/c1-6-7-8-9-10-11-12-13-20-34-30-29(35-21-19-24(4)16-14-15-23(2)3)27-18-17-26(36-25(5)32)22-28(27)37-31(30)33/h15,17-19,22H,6-14,16,20-21H2,1-5H3. The van der Waals surface area contributed by atoms with E-state index < -0.39 is 11.6 Å². The molecule has 2 aromatic rings. The van der Waals surface area contributed by atoms with Gasteiger partial charge >= 0.3 is 11.6 Å². The number of hydrogen-bond donors (Lipinski definition) is 0. The molecule has 1 heterocycles. The van der Waals surface area contributed by atoms with E-state index in [0.717, 1.165) is 25.7 Å². The fourth-order valence-corrected chi connectivity index (χ4v) is 4.00. The molecule has 37 heavy (non-hydrogen) atoms. The van der Waals surface area contributed by atoms with E-state index in [0.29, 0.717) is 30.1 Å². The molecular weight excluding hydrogens is 468 g/mol. The Kier molecular flexibility index (Phi) is 13.6. The quantitative estimate of drug-likeness (QED) is 0.0697. The van der Waals surface area contributed by atoms with Crippen molar-refractivity contribution in [3.63, 3.8) is 0 Å². The highest BCUT2D eigenvalue weighted by Gasteiger charge is 2.18. The number of allylic oxidation sites excluding steroid dienone is 3. The highest BCUT2D eigenvalue weighted by atomic mass is 16.5. The third-order valence-electron chi connectivity index (χ3n) is 6.05. The van der Waals surface area contributed by atoms with E-state index in [1.165, 1.54) is 62.7 Å². The highest BCUT2D eigenvalue weighted by molar-refractivity contribution is 5.87. The van der Waals surface area contributed by atoms with E-state index in [4.69, 9.17) is 18.6 Å². The zero-order chi connectivity index (χ0) is 27.0. The van der Waals surface area contributed by atoms with Gasteiger partial charge in [0.1, 0.15) is 17.9 Å². The molecule has 0 saturated carbocycles. The molecule has 1 aromatic heterocycles. The molecule has 0 aliphatic heterocycles. The second-order valence-electron chi connectivity index (χ2n) is 9.80. The third kappa shape index (κ3) is 11.3. The molecule has 0 atom stereocenters. The molecule has 0 fully saturated rings. The van der Waals surface area contributed by atoms with Gasteiger partial charge in [-0.05, 0) is 58.2 Å². The van der Waals surface area contributed by atoms with Crippen LogP contribution in [0.15, 0.2) is 50.7 Å². The molecule has 6 nitrogen and oxygen atoms in total. The predicted octanol–water partition coefficient (Wildman–Crippen LogP) is 8.31. The summed E-state index contributed by atoms with van der Waals surface area (Å²) in [6, 6.07) is 4.90. The Balaban J connectivity index is 2.13. The molecule has 0 radical (unpaired) electrons. The molecule has 0 N–H and O–H groups in total. The first-order valence-corrected chi connectivity index (χ1v) is 13.7. The summed E-state index contributed by atoms with van der Waals surface area (Å²) in [6.07, 6.45) is 15.6. The number of benzene rings is 1. The fraction of sp³-hybridized carbons (Fsp3) is 0.548. The van der Waals surface area contributed by atoms with Crippen LogP contribution in [0.25, 0.3) is 11.0 Å². The van der Waals surface area contributed by atoms with Crippen molar-refractivity contribution in [3.05, 3.63) is 51.9 Å². The summed E-state index contributed by atoms with van der Waals surface area (Å²) in [5.41, 5.74) is 2.19. The number of esters is 1. The van der Waals surface area contributed by atoms with Crippen molar-refractivity contribution in [2.24, 2.45) is 0 Å². The van der Waals surface area contributed by atoms with Crippen LogP contribution < -0.4 is 19.8 Å². The normalized spacial score (nSPS) is 11.4. The van der Waals surface area contributed by atoms with Crippen molar-refractivity contribution >= 4 is 16.9 Å². The van der Waals surface area contributed by atoms with E-state index >= 15 is 0 Å². The second-order valence-corrected chi connectivity index (χ2v) is 9.80. The molecule has 6 heteroatoms. The first-order chi connectivity index (χ1) is 17.8. The van der Waals surface area contributed by atoms with Crippen LogP contribution in [0.4, 0.5) is 0 Å². The summed E-state index contributed by atoms with van der Waals surface area (Å²) in [5, 5.41) is 0.594. The molecule has 0 bridgehead atoms. The predicted molar refractivity (Wildman–Crippen MR) is 150 cm³/mol. The van der Waals surface area contributed by atoms with E-state index in [1.807, 2.05) is 6.08 Å². The highest BCUT2D eigenvalue weighted by Crippen LogP contribution is 2.35. The Morgan fingerprint density at radius 1 is 0.892 bits per heavy atom. The van der Waals surface area contributed by atoms with Gasteiger partial charge in [-0.3, -0.25) is 4.79 Å². The monoisotopic (exact) mass is 512 g/mol. The minimum absolute atomic E-state index is 0.0891. The number of ether oxygens (including phenoxy) is 3. The van der Waals surface area contributed by atoms with Crippen LogP contribution in [0.5, 0.6) is 17.2 Å². The van der Waals surface area contributed by atoms with Gasteiger partial charge in [0.25, 0.3) is 0 Å². The minimum atomic E-state index is -0.605. The Morgan fingerprint density at radius 2 is 1.59 bits per heavy atom. The van der Waals surface area contributed by atoms with Crippen LogP contribution in [-0.2, 0) is 4.79 Å². The first-order valence-electron chi connectivity index (χ1n) is 13.7. The summed E-state index contributed by atoms with van der Waals surface area (Å²) in [5.74, 6) is 0.300. The Hall–Kier alpha value is -3.02. The number of unbranched alkanes of at least 4 members (excludes halogenated alkanes) is 7. The number of carbonyl (C=O) groups excluding carboxylic acids is 1. The summed E-state index contributed by atoms with van der Waals surface area (Å²) >= 11 is 0.